The van der Waals surface area contributed by atoms with Crippen LogP contribution in [0.25, 0.3) is 0 Å². The van der Waals surface area contributed by atoms with E-state index in [9.17, 15) is 4.79 Å². The van der Waals surface area contributed by atoms with Crippen molar-refractivity contribution in [2.24, 2.45) is 10.9 Å². The SMILES string of the molecule is CCNC(=NCC1CC(=O)N(CCc2ccccc2)C1)NCCc1nc(CC)c(C)s1. The first-order chi connectivity index (χ1) is 15.1. The molecule has 168 valence electrons. The normalized spacial score (nSPS) is 16.7. The number of thiazole rings is 1. The van der Waals surface area contributed by atoms with Crippen LogP contribution in [0.2, 0.25) is 0 Å². The van der Waals surface area contributed by atoms with Gasteiger partial charge in [-0.1, -0.05) is 37.3 Å². The number of nitrogens with one attached hydrogen (secondary N) is 2. The topological polar surface area (TPSA) is 69.6 Å². The smallest absolute Gasteiger partial charge is 0.223 e. The highest BCUT2D eigenvalue weighted by molar-refractivity contribution is 7.11. The predicted octanol–water partition coefficient (Wildman–Crippen LogP) is 3.20. The van der Waals surface area contributed by atoms with Crippen LogP contribution in [0.1, 0.15) is 41.4 Å². The summed E-state index contributed by atoms with van der Waals surface area (Å²) in [6.07, 6.45) is 3.38. The molecule has 0 radical (unpaired) electrons. The molecule has 1 aliphatic heterocycles. The van der Waals surface area contributed by atoms with Gasteiger partial charge in [-0.25, -0.2) is 4.98 Å². The average Bonchev–Trinajstić information content (AvgIpc) is 3.32. The summed E-state index contributed by atoms with van der Waals surface area (Å²) in [7, 11) is 0. The Balaban J connectivity index is 1.45. The fourth-order valence-electron chi connectivity index (χ4n) is 3.87. The summed E-state index contributed by atoms with van der Waals surface area (Å²) >= 11 is 1.79. The molecule has 1 atom stereocenters. The molecule has 0 bridgehead atoms. The van der Waals surface area contributed by atoms with Gasteiger partial charge in [0.2, 0.25) is 5.91 Å². The summed E-state index contributed by atoms with van der Waals surface area (Å²) in [4.78, 5) is 25.2. The number of carbonyl (C=O) groups is 1. The Bertz CT molecular complexity index is 864. The monoisotopic (exact) mass is 441 g/mol. The summed E-state index contributed by atoms with van der Waals surface area (Å²) in [6, 6.07) is 10.4. The molecule has 1 aromatic carbocycles. The largest absolute Gasteiger partial charge is 0.357 e. The molecule has 1 saturated heterocycles. The third-order valence-electron chi connectivity index (χ3n) is 5.56. The molecule has 2 aromatic rings. The van der Waals surface area contributed by atoms with Crippen molar-refractivity contribution in [3.63, 3.8) is 0 Å². The Hall–Kier alpha value is -2.41. The molecular formula is C24H35N5OS. The number of likely N-dealkylation sites (tertiary alicyclic amines) is 1. The van der Waals surface area contributed by atoms with Crippen molar-refractivity contribution in [2.75, 3.05) is 32.7 Å². The second kappa shape index (κ2) is 11.8. The van der Waals surface area contributed by atoms with Crippen molar-refractivity contribution >= 4 is 23.2 Å². The van der Waals surface area contributed by atoms with Gasteiger partial charge in [0, 0.05) is 56.4 Å². The summed E-state index contributed by atoms with van der Waals surface area (Å²) in [5.41, 5.74) is 2.49. The van der Waals surface area contributed by atoms with Crippen LogP contribution in [-0.2, 0) is 24.1 Å². The third-order valence-corrected chi connectivity index (χ3v) is 6.64. The van der Waals surface area contributed by atoms with Gasteiger partial charge in [-0.2, -0.15) is 0 Å². The Kier molecular flexibility index (Phi) is 8.88. The number of aromatic nitrogens is 1. The van der Waals surface area contributed by atoms with Crippen LogP contribution in [0.3, 0.4) is 0 Å². The first-order valence-electron chi connectivity index (χ1n) is 11.4. The molecule has 0 spiro atoms. The number of aryl methyl sites for hydroxylation is 2. The summed E-state index contributed by atoms with van der Waals surface area (Å²) in [5, 5.41) is 7.90. The number of hydrogen-bond donors (Lipinski definition) is 2. The number of amides is 1. The minimum atomic E-state index is 0.250. The molecule has 7 heteroatoms. The number of guanidine groups is 1. The minimum absolute atomic E-state index is 0.250. The third kappa shape index (κ3) is 7.06. The quantitative estimate of drug-likeness (QED) is 0.439. The van der Waals surface area contributed by atoms with E-state index in [0.717, 1.165) is 51.4 Å². The van der Waals surface area contributed by atoms with Crippen molar-refractivity contribution < 1.29 is 4.79 Å². The van der Waals surface area contributed by atoms with E-state index in [1.165, 1.54) is 21.1 Å². The zero-order valence-corrected chi connectivity index (χ0v) is 19.8. The molecule has 1 unspecified atom stereocenters. The van der Waals surface area contributed by atoms with E-state index in [1.54, 1.807) is 11.3 Å². The van der Waals surface area contributed by atoms with E-state index >= 15 is 0 Å². The second-order valence-electron chi connectivity index (χ2n) is 8.01. The standard InChI is InChI=1S/C24H35N5OS/c1-4-21-18(3)31-22(28-21)11-13-26-24(25-5-2)27-16-20-15-23(30)29(17-20)14-12-19-9-7-6-8-10-19/h6-10,20H,4-5,11-17H2,1-3H3,(H2,25,26,27). The van der Waals surface area contributed by atoms with E-state index < -0.39 is 0 Å². The van der Waals surface area contributed by atoms with Crippen molar-refractivity contribution in [3.05, 3.63) is 51.5 Å². The van der Waals surface area contributed by atoms with Gasteiger partial charge < -0.3 is 15.5 Å². The van der Waals surface area contributed by atoms with Crippen molar-refractivity contribution in [2.45, 2.75) is 46.5 Å². The number of benzene rings is 1. The first kappa shape index (κ1) is 23.3. The van der Waals surface area contributed by atoms with E-state index in [1.807, 2.05) is 23.1 Å². The maximum atomic E-state index is 12.4. The second-order valence-corrected chi connectivity index (χ2v) is 9.29. The molecule has 1 amide bonds. The number of rotatable bonds is 10. The fourth-order valence-corrected chi connectivity index (χ4v) is 4.89. The summed E-state index contributed by atoms with van der Waals surface area (Å²) in [6.45, 7) is 10.2. The lowest BCUT2D eigenvalue weighted by atomic mass is 10.1. The van der Waals surface area contributed by atoms with Crippen molar-refractivity contribution in [3.8, 4) is 0 Å². The van der Waals surface area contributed by atoms with Gasteiger partial charge in [-0.15, -0.1) is 11.3 Å². The molecule has 1 fully saturated rings. The van der Waals surface area contributed by atoms with Crippen molar-refractivity contribution in [1.29, 1.82) is 0 Å². The van der Waals surface area contributed by atoms with Crippen LogP contribution >= 0.6 is 11.3 Å². The number of carbonyl (C=O) groups excluding carboxylic acids is 1. The lowest BCUT2D eigenvalue weighted by Gasteiger charge is -2.16. The fraction of sp³-hybridized carbons (Fsp3) is 0.542. The summed E-state index contributed by atoms with van der Waals surface area (Å²) < 4.78 is 0. The van der Waals surface area contributed by atoms with Gasteiger partial charge in [0.25, 0.3) is 0 Å². The highest BCUT2D eigenvalue weighted by Crippen LogP contribution is 2.19. The van der Waals surface area contributed by atoms with Gasteiger partial charge in [0.05, 0.1) is 10.7 Å². The van der Waals surface area contributed by atoms with Crippen LogP contribution < -0.4 is 10.6 Å². The maximum absolute atomic E-state index is 12.4. The molecule has 31 heavy (non-hydrogen) atoms. The van der Waals surface area contributed by atoms with E-state index in [4.69, 9.17) is 9.98 Å². The Morgan fingerprint density at radius 3 is 2.74 bits per heavy atom. The van der Waals surface area contributed by atoms with Gasteiger partial charge in [0.15, 0.2) is 5.96 Å². The zero-order chi connectivity index (χ0) is 22.1. The van der Waals surface area contributed by atoms with Gasteiger partial charge in [-0.05, 0) is 32.3 Å². The van der Waals surface area contributed by atoms with E-state index in [-0.39, 0.29) is 11.8 Å². The Labute approximate surface area is 190 Å². The highest BCUT2D eigenvalue weighted by Gasteiger charge is 2.29. The molecule has 1 aromatic heterocycles. The van der Waals surface area contributed by atoms with Crippen molar-refractivity contribution in [1.82, 2.24) is 20.5 Å². The van der Waals surface area contributed by atoms with Crippen LogP contribution in [0.4, 0.5) is 0 Å². The molecular weight excluding hydrogens is 406 g/mol. The van der Waals surface area contributed by atoms with Gasteiger partial charge >= 0.3 is 0 Å². The molecule has 2 heterocycles. The highest BCUT2D eigenvalue weighted by atomic mass is 32.1. The molecule has 0 saturated carbocycles. The van der Waals surface area contributed by atoms with E-state index in [2.05, 4.69) is 43.5 Å². The van der Waals surface area contributed by atoms with E-state index in [0.29, 0.717) is 13.0 Å². The van der Waals surface area contributed by atoms with Gasteiger partial charge in [0.1, 0.15) is 0 Å². The molecule has 1 aliphatic rings. The molecule has 3 rings (SSSR count). The lowest BCUT2D eigenvalue weighted by molar-refractivity contribution is -0.127. The molecule has 0 aliphatic carbocycles. The summed E-state index contributed by atoms with van der Waals surface area (Å²) in [5.74, 6) is 1.36. The first-order valence-corrected chi connectivity index (χ1v) is 12.2. The average molecular weight is 442 g/mol. The number of nitrogens with zero attached hydrogens (tertiary/aromatic N) is 3. The number of aliphatic imine (C=N–C) groups is 1. The Morgan fingerprint density at radius 2 is 2.03 bits per heavy atom. The number of hydrogen-bond acceptors (Lipinski definition) is 4. The van der Waals surface area contributed by atoms with Crippen LogP contribution in [-0.4, -0.2) is 54.5 Å². The maximum Gasteiger partial charge on any atom is 0.223 e. The molecule has 2 N–H and O–H groups in total. The zero-order valence-electron chi connectivity index (χ0n) is 19.0. The Morgan fingerprint density at radius 1 is 1.23 bits per heavy atom. The van der Waals surface area contributed by atoms with Crippen LogP contribution in [0.15, 0.2) is 35.3 Å². The van der Waals surface area contributed by atoms with Crippen LogP contribution in [0.5, 0.6) is 0 Å². The minimum Gasteiger partial charge on any atom is -0.357 e. The molecule has 6 nitrogen and oxygen atoms in total. The van der Waals surface area contributed by atoms with Crippen LogP contribution in [0, 0.1) is 12.8 Å². The lowest BCUT2D eigenvalue weighted by Crippen LogP contribution is -2.38. The van der Waals surface area contributed by atoms with Gasteiger partial charge in [-0.3, -0.25) is 9.79 Å². The predicted molar refractivity (Wildman–Crippen MR) is 129 cm³/mol.